The Morgan fingerprint density at radius 3 is 1.54 bits per heavy atom. The fourth-order valence-electron chi connectivity index (χ4n) is 13.1. The quantitative estimate of drug-likeness (QED) is 0.0253. The van der Waals surface area contributed by atoms with Gasteiger partial charge in [0.05, 0.1) is 6.10 Å². The van der Waals surface area contributed by atoms with Crippen LogP contribution in [0.25, 0.3) is 0 Å². The summed E-state index contributed by atoms with van der Waals surface area (Å²) in [6.45, 7) is 10.6. The molecule has 10 heteroatoms. The maximum atomic E-state index is 13.2. The third-order valence-corrected chi connectivity index (χ3v) is 17.5. The molecule has 3 saturated carbocycles. The largest absolute Gasteiger partial charge is 0.462 e. The number of ketones is 1. The second-order valence-corrected chi connectivity index (χ2v) is 23.4. The van der Waals surface area contributed by atoms with E-state index >= 15 is 0 Å². The predicted octanol–water partition coefficient (Wildman–Crippen LogP) is 15.8. The van der Waals surface area contributed by atoms with Crippen molar-refractivity contribution in [1.29, 1.82) is 0 Å². The molecule has 0 aliphatic heterocycles. The fraction of sp³-hybridized carbons (Fsp3) is 0.885. The van der Waals surface area contributed by atoms with Gasteiger partial charge in [-0.05, 0) is 98.4 Å². The maximum Gasteiger partial charge on any atom is 0.308 e. The summed E-state index contributed by atoms with van der Waals surface area (Å²) in [7, 11) is 0. The van der Waals surface area contributed by atoms with Crippen molar-refractivity contribution in [3.8, 4) is 0 Å². The number of ether oxygens (including phenoxy) is 5. The topological polar surface area (TPSA) is 132 Å². The molecule has 0 radical (unpaired) electrons. The molecule has 0 aromatic heterocycles. The molecule has 0 aromatic carbocycles. The predicted molar refractivity (Wildman–Crippen MR) is 283 cm³/mol. The van der Waals surface area contributed by atoms with Gasteiger partial charge in [-0.15, -0.1) is 0 Å². The third kappa shape index (κ3) is 22.3. The zero-order chi connectivity index (χ0) is 51.2. The average molecular weight is 997 g/mol. The van der Waals surface area contributed by atoms with Crippen LogP contribution in [-0.2, 0) is 47.7 Å². The lowest BCUT2D eigenvalue weighted by Crippen LogP contribution is -2.51. The second-order valence-electron chi connectivity index (χ2n) is 23.4. The van der Waals surface area contributed by atoms with E-state index in [9.17, 15) is 24.0 Å². The van der Waals surface area contributed by atoms with E-state index in [1.165, 1.54) is 134 Å². The molecule has 4 aliphatic carbocycles. The third-order valence-electron chi connectivity index (χ3n) is 17.5. The summed E-state index contributed by atoms with van der Waals surface area (Å²) >= 11 is 0. The highest BCUT2D eigenvalue weighted by Crippen LogP contribution is 2.65. The Hall–Kier alpha value is -2.75. The first-order chi connectivity index (χ1) is 34.4. The van der Waals surface area contributed by atoms with Crippen molar-refractivity contribution >= 4 is 29.7 Å². The van der Waals surface area contributed by atoms with Gasteiger partial charge in [-0.1, -0.05) is 194 Å². The van der Waals surface area contributed by atoms with Crippen LogP contribution in [0.2, 0.25) is 0 Å². The number of carbonyl (C=O) groups is 5. The number of fused-ring (bicyclic) bond motifs is 5. The van der Waals surface area contributed by atoms with Crippen molar-refractivity contribution in [2.75, 3.05) is 20.0 Å². The highest BCUT2D eigenvalue weighted by atomic mass is 16.7. The zero-order valence-electron chi connectivity index (χ0n) is 46.1. The Bertz CT molecular complexity index is 1530. The Kier molecular flexibility index (Phi) is 29.7. The summed E-state index contributed by atoms with van der Waals surface area (Å²) in [5.41, 5.74) is 1.54. The summed E-state index contributed by atoms with van der Waals surface area (Å²) in [6.07, 6.45) is 41.5. The van der Waals surface area contributed by atoms with Crippen LogP contribution >= 0.6 is 0 Å². The fourth-order valence-corrected chi connectivity index (χ4v) is 13.1. The van der Waals surface area contributed by atoms with Gasteiger partial charge in [0.1, 0.15) is 13.2 Å². The van der Waals surface area contributed by atoms with Gasteiger partial charge < -0.3 is 23.7 Å². The van der Waals surface area contributed by atoms with E-state index in [1.54, 1.807) is 6.92 Å². The maximum absolute atomic E-state index is 13.2. The molecule has 0 spiro atoms. The Morgan fingerprint density at radius 2 is 1.03 bits per heavy atom. The van der Waals surface area contributed by atoms with E-state index in [2.05, 4.69) is 27.7 Å². The minimum absolute atomic E-state index is 0.0233. The first-order valence-corrected chi connectivity index (χ1v) is 29.9. The number of esters is 4. The van der Waals surface area contributed by atoms with Crippen molar-refractivity contribution < 1.29 is 47.7 Å². The molecule has 0 amide bonds. The van der Waals surface area contributed by atoms with E-state index in [0.717, 1.165) is 83.5 Å². The first-order valence-electron chi connectivity index (χ1n) is 29.9. The minimum Gasteiger partial charge on any atom is -0.462 e. The van der Waals surface area contributed by atoms with Gasteiger partial charge >= 0.3 is 23.9 Å². The lowest BCUT2D eigenvalue weighted by atomic mass is 9.47. The Balaban J connectivity index is 1.13. The monoisotopic (exact) mass is 997 g/mol. The summed E-state index contributed by atoms with van der Waals surface area (Å²) in [5.74, 6) is 0.0463. The zero-order valence-corrected chi connectivity index (χ0v) is 46.1. The van der Waals surface area contributed by atoms with E-state index in [0.29, 0.717) is 37.0 Å². The van der Waals surface area contributed by atoms with Crippen LogP contribution in [0.1, 0.15) is 279 Å². The molecule has 0 bridgehead atoms. The van der Waals surface area contributed by atoms with Crippen LogP contribution in [0.3, 0.4) is 0 Å². The normalized spacial score (nSPS) is 24.1. The standard InChI is InChI=1S/C61H104O10/c1-6-8-10-12-14-16-18-20-22-24-26-28-30-32-56(63)67-45-51(46-68-57(64)33-31-29-27-25-23-21-19-17-15-13-11-9-7-2)71-59(66)43-48(3)42-58(65)70-47-69-55-37-36-53-52-35-34-49-44-50(62)38-40-60(49,4)54(52)39-41-61(53,55)5/h44,48,51-55H,6-43,45-47H2,1-5H3/t48?,52-,53-,54-,55?,60-,61-/m0/s1. The molecule has 4 aliphatic rings. The molecule has 10 nitrogen and oxygen atoms in total. The molecule has 408 valence electrons. The number of allylic oxidation sites excluding steroid dienone is 1. The molecule has 2 unspecified atom stereocenters. The van der Waals surface area contributed by atoms with Crippen LogP contribution in [0.4, 0.5) is 0 Å². The smallest absolute Gasteiger partial charge is 0.308 e. The van der Waals surface area contributed by atoms with Crippen LogP contribution in [0.15, 0.2) is 11.6 Å². The molecule has 4 rings (SSSR count). The van der Waals surface area contributed by atoms with Gasteiger partial charge in [-0.2, -0.15) is 0 Å². The van der Waals surface area contributed by atoms with E-state index in [1.807, 2.05) is 6.08 Å². The SMILES string of the molecule is CCCCCCCCCCCCCCCC(=O)OCC(COC(=O)CCCCCCCCCCCCCCC)OC(=O)CC(C)CC(=O)OCOC1CC[C@H]2[C@@H]3CCC4=CC(=O)CC[C@]4(C)[C@H]3CC[C@]12C. The van der Waals surface area contributed by atoms with Crippen LogP contribution in [0, 0.1) is 34.5 Å². The van der Waals surface area contributed by atoms with Gasteiger partial charge in [-0.3, -0.25) is 24.0 Å². The van der Waals surface area contributed by atoms with Crippen LogP contribution in [0.5, 0.6) is 0 Å². The van der Waals surface area contributed by atoms with Crippen molar-refractivity contribution in [1.82, 2.24) is 0 Å². The van der Waals surface area contributed by atoms with Crippen molar-refractivity contribution in [3.63, 3.8) is 0 Å². The van der Waals surface area contributed by atoms with Crippen molar-refractivity contribution in [3.05, 3.63) is 11.6 Å². The van der Waals surface area contributed by atoms with Gasteiger partial charge in [0.15, 0.2) is 18.7 Å². The Morgan fingerprint density at radius 1 is 0.549 bits per heavy atom. The molecule has 0 heterocycles. The number of unbranched alkanes of at least 4 members (excludes halogenated alkanes) is 24. The van der Waals surface area contributed by atoms with E-state index in [-0.39, 0.29) is 73.4 Å². The highest BCUT2D eigenvalue weighted by Gasteiger charge is 2.59. The lowest BCUT2D eigenvalue weighted by molar-refractivity contribution is -0.174. The molecule has 7 atom stereocenters. The van der Waals surface area contributed by atoms with Gasteiger partial charge in [0, 0.05) is 32.1 Å². The van der Waals surface area contributed by atoms with E-state index < -0.39 is 18.0 Å². The number of carbonyl (C=O) groups excluding carboxylic acids is 5. The molecule has 3 fully saturated rings. The minimum atomic E-state index is -0.935. The number of hydrogen-bond acceptors (Lipinski definition) is 10. The molecule has 71 heavy (non-hydrogen) atoms. The average Bonchev–Trinajstić information content (AvgIpc) is 3.68. The van der Waals surface area contributed by atoms with Crippen molar-refractivity contribution in [2.45, 2.75) is 291 Å². The van der Waals surface area contributed by atoms with Gasteiger partial charge in [0.2, 0.25) is 0 Å². The van der Waals surface area contributed by atoms with Crippen LogP contribution < -0.4 is 0 Å². The van der Waals surface area contributed by atoms with Gasteiger partial charge in [-0.25, -0.2) is 0 Å². The summed E-state index contributed by atoms with van der Waals surface area (Å²) in [4.78, 5) is 64.0. The molecular weight excluding hydrogens is 893 g/mol. The van der Waals surface area contributed by atoms with Gasteiger partial charge in [0.25, 0.3) is 0 Å². The summed E-state index contributed by atoms with van der Waals surface area (Å²) in [6, 6.07) is 0. The molecular formula is C61H104O10. The molecule has 0 N–H and O–H groups in total. The lowest BCUT2D eigenvalue weighted by Gasteiger charge is -2.57. The second kappa shape index (κ2) is 34.7. The number of hydrogen-bond donors (Lipinski definition) is 0. The van der Waals surface area contributed by atoms with Crippen LogP contribution in [-0.4, -0.2) is 61.9 Å². The van der Waals surface area contributed by atoms with Crippen molar-refractivity contribution in [2.24, 2.45) is 34.5 Å². The Labute approximate surface area is 432 Å². The summed E-state index contributed by atoms with van der Waals surface area (Å²) in [5, 5.41) is 0. The first kappa shape index (κ1) is 60.8. The number of rotatable bonds is 40. The molecule has 0 aromatic rings. The highest BCUT2D eigenvalue weighted by molar-refractivity contribution is 5.91. The summed E-state index contributed by atoms with van der Waals surface area (Å²) < 4.78 is 28.8. The molecule has 0 saturated heterocycles. The van der Waals surface area contributed by atoms with E-state index in [4.69, 9.17) is 23.7 Å².